The number of hydrogen-bond donors (Lipinski definition) is 1. The molecule has 1 heterocycles. The Hall–Kier alpha value is -0.870. The van der Waals surface area contributed by atoms with Crippen LogP contribution >= 0.6 is 11.3 Å². The number of carbonyl (C=O) groups is 1. The van der Waals surface area contributed by atoms with Crippen LogP contribution in [0.1, 0.15) is 43.4 Å². The third-order valence-corrected chi connectivity index (χ3v) is 4.34. The number of hydrogen-bond acceptors (Lipinski definition) is 4. The van der Waals surface area contributed by atoms with Crippen LogP contribution in [-0.2, 0) is 21.4 Å². The summed E-state index contributed by atoms with van der Waals surface area (Å²) in [7, 11) is 1.41. The maximum atomic E-state index is 11.0. The first-order valence-corrected chi connectivity index (χ1v) is 7.06. The highest BCUT2D eigenvalue weighted by atomic mass is 32.1. The van der Waals surface area contributed by atoms with Crippen LogP contribution in [0.2, 0.25) is 0 Å². The quantitative estimate of drug-likeness (QED) is 0.836. The van der Waals surface area contributed by atoms with Crippen molar-refractivity contribution in [2.75, 3.05) is 7.11 Å². The van der Waals surface area contributed by atoms with Gasteiger partial charge in [0.15, 0.2) is 0 Å². The summed E-state index contributed by atoms with van der Waals surface area (Å²) in [6.45, 7) is 6.62. The summed E-state index contributed by atoms with van der Waals surface area (Å²) in [6.07, 6.45) is 1.91. The molecule has 1 rings (SSSR count). The monoisotopic (exact) mass is 269 g/mol. The molecule has 1 aromatic heterocycles. The van der Waals surface area contributed by atoms with Gasteiger partial charge < -0.3 is 10.5 Å². The van der Waals surface area contributed by atoms with Crippen LogP contribution in [0, 0.1) is 0 Å². The van der Waals surface area contributed by atoms with E-state index in [0.29, 0.717) is 12.8 Å². The Labute approximate surface area is 113 Å². The molecule has 0 saturated carbocycles. The van der Waals surface area contributed by atoms with Crippen molar-refractivity contribution < 1.29 is 9.53 Å². The number of methoxy groups -OCH3 is 1. The molecule has 1 atom stereocenters. The van der Waals surface area contributed by atoms with Crippen LogP contribution in [0.5, 0.6) is 0 Å². The number of thiophene rings is 1. The molecule has 0 aliphatic heterocycles. The lowest BCUT2D eigenvalue weighted by atomic mass is 9.95. The normalized spacial score (nSPS) is 13.4. The van der Waals surface area contributed by atoms with Crippen molar-refractivity contribution in [2.24, 2.45) is 5.73 Å². The highest BCUT2D eigenvalue weighted by molar-refractivity contribution is 7.12. The fourth-order valence-corrected chi connectivity index (χ4v) is 2.81. The molecule has 0 aliphatic carbocycles. The molecule has 0 bridgehead atoms. The zero-order valence-electron chi connectivity index (χ0n) is 11.7. The highest BCUT2D eigenvalue weighted by Gasteiger charge is 2.17. The Bertz CT molecular complexity index is 393. The third kappa shape index (κ3) is 4.78. The maximum absolute atomic E-state index is 11.0. The van der Waals surface area contributed by atoms with Crippen LogP contribution in [0.25, 0.3) is 0 Å². The molecular weight excluding hydrogens is 246 g/mol. The van der Waals surface area contributed by atoms with Crippen LogP contribution in [-0.4, -0.2) is 19.1 Å². The summed E-state index contributed by atoms with van der Waals surface area (Å²) in [5.41, 5.74) is 6.22. The molecule has 102 valence electrons. The van der Waals surface area contributed by atoms with Gasteiger partial charge in [-0.25, -0.2) is 0 Å². The van der Waals surface area contributed by atoms with E-state index in [9.17, 15) is 4.79 Å². The average molecular weight is 269 g/mol. The van der Waals surface area contributed by atoms with E-state index in [2.05, 4.69) is 37.6 Å². The molecule has 3 nitrogen and oxygen atoms in total. The minimum absolute atomic E-state index is 0.0237. The highest BCUT2D eigenvalue weighted by Crippen LogP contribution is 2.30. The first-order chi connectivity index (χ1) is 8.32. The topological polar surface area (TPSA) is 52.3 Å². The Morgan fingerprint density at radius 3 is 2.61 bits per heavy atom. The fourth-order valence-electron chi connectivity index (χ4n) is 1.66. The minimum atomic E-state index is -0.188. The summed E-state index contributed by atoms with van der Waals surface area (Å²) in [6, 6.07) is 4.34. The predicted octanol–water partition coefficient (Wildman–Crippen LogP) is 2.87. The van der Waals surface area contributed by atoms with E-state index in [1.54, 1.807) is 0 Å². The SMILES string of the molecule is COC(=O)CCC(N)Cc1ccc(C(C)(C)C)s1. The number of carbonyl (C=O) groups excluding carboxylic acids is 1. The van der Waals surface area contributed by atoms with Gasteiger partial charge in [0.2, 0.25) is 0 Å². The molecule has 0 aliphatic rings. The molecule has 18 heavy (non-hydrogen) atoms. The standard InChI is InChI=1S/C14H23NO2S/c1-14(2,3)12-7-6-11(18-12)9-10(15)5-8-13(16)17-4/h6-7,10H,5,8-9,15H2,1-4H3. The summed E-state index contributed by atoms with van der Waals surface area (Å²) in [5.74, 6) is -0.188. The predicted molar refractivity (Wildman–Crippen MR) is 75.9 cm³/mol. The van der Waals surface area contributed by atoms with Crippen molar-refractivity contribution >= 4 is 17.3 Å². The zero-order chi connectivity index (χ0) is 13.8. The van der Waals surface area contributed by atoms with E-state index < -0.39 is 0 Å². The molecule has 1 aromatic rings. The van der Waals surface area contributed by atoms with Gasteiger partial charge in [0.05, 0.1) is 7.11 Å². The van der Waals surface area contributed by atoms with Gasteiger partial charge in [-0.2, -0.15) is 0 Å². The molecule has 0 amide bonds. The van der Waals surface area contributed by atoms with Crippen molar-refractivity contribution in [3.8, 4) is 0 Å². The van der Waals surface area contributed by atoms with Gasteiger partial charge in [0.25, 0.3) is 0 Å². The van der Waals surface area contributed by atoms with Crippen molar-refractivity contribution in [1.82, 2.24) is 0 Å². The Morgan fingerprint density at radius 2 is 2.11 bits per heavy atom. The lowest BCUT2D eigenvalue weighted by Gasteiger charge is -2.15. The molecule has 4 heteroatoms. The second-order valence-electron chi connectivity index (χ2n) is 5.59. The number of rotatable bonds is 5. The molecule has 0 radical (unpaired) electrons. The summed E-state index contributed by atoms with van der Waals surface area (Å²) in [5, 5.41) is 0. The lowest BCUT2D eigenvalue weighted by Crippen LogP contribution is -2.23. The smallest absolute Gasteiger partial charge is 0.305 e. The van der Waals surface area contributed by atoms with Gasteiger partial charge in [-0.3, -0.25) is 4.79 Å². The summed E-state index contributed by atoms with van der Waals surface area (Å²) < 4.78 is 4.61. The van der Waals surface area contributed by atoms with Gasteiger partial charge in [0.1, 0.15) is 0 Å². The van der Waals surface area contributed by atoms with E-state index >= 15 is 0 Å². The minimum Gasteiger partial charge on any atom is -0.469 e. The summed E-state index contributed by atoms with van der Waals surface area (Å²) >= 11 is 1.81. The van der Waals surface area contributed by atoms with Gasteiger partial charge in [-0.05, 0) is 30.4 Å². The van der Waals surface area contributed by atoms with Crippen LogP contribution in [0.4, 0.5) is 0 Å². The van der Waals surface area contributed by atoms with Gasteiger partial charge in [-0.15, -0.1) is 11.3 Å². The molecule has 0 aromatic carbocycles. The first-order valence-electron chi connectivity index (χ1n) is 6.24. The van der Waals surface area contributed by atoms with Crippen molar-refractivity contribution in [1.29, 1.82) is 0 Å². The Morgan fingerprint density at radius 1 is 1.44 bits per heavy atom. The third-order valence-electron chi connectivity index (χ3n) is 2.81. The van der Waals surface area contributed by atoms with Gasteiger partial charge in [0, 0.05) is 22.2 Å². The Kier molecular flexibility index (Phi) is 5.35. The van der Waals surface area contributed by atoms with E-state index in [0.717, 1.165) is 6.42 Å². The Balaban J connectivity index is 2.47. The number of ether oxygens (including phenoxy) is 1. The molecule has 0 spiro atoms. The van der Waals surface area contributed by atoms with E-state index in [1.165, 1.54) is 16.9 Å². The van der Waals surface area contributed by atoms with E-state index in [1.807, 2.05) is 11.3 Å². The van der Waals surface area contributed by atoms with Gasteiger partial charge >= 0.3 is 5.97 Å². The van der Waals surface area contributed by atoms with Crippen LogP contribution in [0.3, 0.4) is 0 Å². The van der Waals surface area contributed by atoms with Crippen molar-refractivity contribution in [3.63, 3.8) is 0 Å². The van der Waals surface area contributed by atoms with Crippen LogP contribution < -0.4 is 5.73 Å². The lowest BCUT2D eigenvalue weighted by molar-refractivity contribution is -0.140. The molecule has 0 fully saturated rings. The maximum Gasteiger partial charge on any atom is 0.305 e. The molecule has 2 N–H and O–H groups in total. The molecule has 1 unspecified atom stereocenters. The van der Waals surface area contributed by atoms with Gasteiger partial charge in [-0.1, -0.05) is 20.8 Å². The second-order valence-corrected chi connectivity index (χ2v) is 6.76. The molecular formula is C14H23NO2S. The summed E-state index contributed by atoms with van der Waals surface area (Å²) in [4.78, 5) is 13.7. The van der Waals surface area contributed by atoms with Crippen molar-refractivity contribution in [3.05, 3.63) is 21.9 Å². The van der Waals surface area contributed by atoms with Crippen LogP contribution in [0.15, 0.2) is 12.1 Å². The van der Waals surface area contributed by atoms with Crippen molar-refractivity contribution in [2.45, 2.75) is 51.5 Å². The fraction of sp³-hybridized carbons (Fsp3) is 0.643. The van der Waals surface area contributed by atoms with E-state index in [-0.39, 0.29) is 17.4 Å². The largest absolute Gasteiger partial charge is 0.469 e. The molecule has 0 saturated heterocycles. The average Bonchev–Trinajstić information content (AvgIpc) is 2.74. The number of nitrogens with two attached hydrogens (primary N) is 1. The second kappa shape index (κ2) is 6.34. The zero-order valence-corrected chi connectivity index (χ0v) is 12.5. The number of esters is 1. The first kappa shape index (κ1) is 15.2. The van der Waals surface area contributed by atoms with E-state index in [4.69, 9.17) is 5.73 Å².